The molecule has 0 aliphatic rings. The number of halogens is 1. The van der Waals surface area contributed by atoms with E-state index in [-0.39, 0.29) is 6.61 Å². The summed E-state index contributed by atoms with van der Waals surface area (Å²) in [5, 5.41) is 8.94. The molecule has 0 fully saturated rings. The fraction of sp³-hybridized carbons (Fsp3) is 1.00. The quantitative estimate of drug-likeness (QED) is 0.441. The maximum absolute atomic E-state index is 11.9. The molecule has 3 heteroatoms. The Balaban J connectivity index is 2.95. The van der Waals surface area contributed by atoms with Gasteiger partial charge in [-0.3, -0.25) is 0 Å². The fourth-order valence-corrected chi connectivity index (χ4v) is 2.13. The summed E-state index contributed by atoms with van der Waals surface area (Å²) in [5.74, 6) is 0. The van der Waals surface area contributed by atoms with Gasteiger partial charge in [-0.25, -0.2) is 4.39 Å². The van der Waals surface area contributed by atoms with Gasteiger partial charge >= 0.3 is 0 Å². The van der Waals surface area contributed by atoms with E-state index < -0.39 is 12.8 Å². The van der Waals surface area contributed by atoms with Crippen LogP contribution >= 0.6 is 0 Å². The second-order valence-electron chi connectivity index (χ2n) is 5.42. The number of ether oxygens (including phenoxy) is 1. The van der Waals surface area contributed by atoms with Gasteiger partial charge in [0.05, 0.1) is 6.61 Å². The summed E-state index contributed by atoms with van der Waals surface area (Å²) in [6, 6.07) is 0. The maximum Gasteiger partial charge on any atom is 0.118 e. The van der Waals surface area contributed by atoms with Crippen molar-refractivity contribution in [3.05, 3.63) is 0 Å². The lowest BCUT2D eigenvalue weighted by Crippen LogP contribution is -2.17. The Labute approximate surface area is 118 Å². The number of unbranched alkanes of at least 4 members (excludes halogenated alkanes) is 10. The Morgan fingerprint density at radius 1 is 0.842 bits per heavy atom. The lowest BCUT2D eigenvalue weighted by Gasteiger charge is -2.07. The van der Waals surface area contributed by atoms with Crippen LogP contribution in [0.25, 0.3) is 0 Å². The highest BCUT2D eigenvalue weighted by atomic mass is 19.1. The molecule has 0 radical (unpaired) electrons. The SMILES string of the molecule is CCCCCCCCCCCCCOCC(O)CF. The molecule has 1 atom stereocenters. The summed E-state index contributed by atoms with van der Waals surface area (Å²) < 4.78 is 17.1. The third-order valence-corrected chi connectivity index (χ3v) is 3.38. The van der Waals surface area contributed by atoms with E-state index in [1.165, 1.54) is 64.2 Å². The van der Waals surface area contributed by atoms with Crippen molar-refractivity contribution in [2.75, 3.05) is 19.9 Å². The molecule has 2 nitrogen and oxygen atoms in total. The van der Waals surface area contributed by atoms with Crippen molar-refractivity contribution < 1.29 is 14.2 Å². The van der Waals surface area contributed by atoms with Crippen LogP contribution in [0.1, 0.15) is 77.6 Å². The largest absolute Gasteiger partial charge is 0.388 e. The first kappa shape index (κ1) is 18.9. The van der Waals surface area contributed by atoms with Crippen molar-refractivity contribution in [3.63, 3.8) is 0 Å². The van der Waals surface area contributed by atoms with Crippen LogP contribution < -0.4 is 0 Å². The van der Waals surface area contributed by atoms with E-state index in [1.54, 1.807) is 0 Å². The van der Waals surface area contributed by atoms with Gasteiger partial charge in [-0.1, -0.05) is 71.1 Å². The Morgan fingerprint density at radius 2 is 1.32 bits per heavy atom. The molecule has 0 spiro atoms. The average Bonchev–Trinajstić information content (AvgIpc) is 2.43. The van der Waals surface area contributed by atoms with Crippen LogP contribution in [-0.2, 0) is 4.74 Å². The first-order valence-corrected chi connectivity index (χ1v) is 8.13. The van der Waals surface area contributed by atoms with Crippen LogP contribution in [0, 0.1) is 0 Å². The monoisotopic (exact) mass is 276 g/mol. The van der Waals surface area contributed by atoms with Gasteiger partial charge in [0.25, 0.3) is 0 Å². The summed E-state index contributed by atoms with van der Waals surface area (Å²) in [6.45, 7) is 2.32. The third kappa shape index (κ3) is 15.8. The van der Waals surface area contributed by atoms with E-state index >= 15 is 0 Å². The van der Waals surface area contributed by atoms with Crippen LogP contribution in [-0.4, -0.2) is 31.1 Å². The summed E-state index contributed by atoms with van der Waals surface area (Å²) >= 11 is 0. The van der Waals surface area contributed by atoms with Crippen molar-refractivity contribution in [2.24, 2.45) is 0 Å². The Hall–Kier alpha value is -0.150. The van der Waals surface area contributed by atoms with E-state index in [9.17, 15) is 4.39 Å². The van der Waals surface area contributed by atoms with E-state index in [2.05, 4.69) is 6.92 Å². The molecule has 19 heavy (non-hydrogen) atoms. The normalized spacial score (nSPS) is 12.8. The minimum absolute atomic E-state index is 0.133. The molecule has 1 N–H and O–H groups in total. The highest BCUT2D eigenvalue weighted by Gasteiger charge is 2.01. The van der Waals surface area contributed by atoms with Gasteiger partial charge in [0.15, 0.2) is 0 Å². The van der Waals surface area contributed by atoms with Crippen molar-refractivity contribution >= 4 is 0 Å². The first-order valence-electron chi connectivity index (χ1n) is 8.13. The van der Waals surface area contributed by atoms with Gasteiger partial charge < -0.3 is 9.84 Å². The number of aliphatic hydroxyl groups is 1. The zero-order chi connectivity index (χ0) is 14.2. The lowest BCUT2D eigenvalue weighted by atomic mass is 10.1. The zero-order valence-electron chi connectivity index (χ0n) is 12.7. The first-order chi connectivity index (χ1) is 9.31. The molecular formula is C16H33FO2. The van der Waals surface area contributed by atoms with Gasteiger partial charge in [-0.05, 0) is 6.42 Å². The number of rotatable bonds is 15. The molecule has 0 aliphatic heterocycles. The molecule has 0 aromatic rings. The van der Waals surface area contributed by atoms with Gasteiger partial charge in [0, 0.05) is 6.61 Å². The van der Waals surface area contributed by atoms with Crippen molar-refractivity contribution in [3.8, 4) is 0 Å². The molecule has 0 saturated carbocycles. The molecule has 116 valence electrons. The summed E-state index contributed by atoms with van der Waals surface area (Å²) in [4.78, 5) is 0. The molecule has 0 aromatic heterocycles. The minimum Gasteiger partial charge on any atom is -0.388 e. The predicted octanol–water partition coefficient (Wildman–Crippen LogP) is 4.64. The number of aliphatic hydroxyl groups excluding tert-OH is 1. The second-order valence-corrected chi connectivity index (χ2v) is 5.42. The molecule has 0 bridgehead atoms. The van der Waals surface area contributed by atoms with E-state index in [0.29, 0.717) is 6.61 Å². The van der Waals surface area contributed by atoms with Gasteiger partial charge in [-0.2, -0.15) is 0 Å². The molecule has 0 heterocycles. The van der Waals surface area contributed by atoms with E-state index in [1.807, 2.05) is 0 Å². The number of alkyl halides is 1. The zero-order valence-corrected chi connectivity index (χ0v) is 12.7. The van der Waals surface area contributed by atoms with Crippen molar-refractivity contribution in [2.45, 2.75) is 83.7 Å². The minimum atomic E-state index is -0.937. The highest BCUT2D eigenvalue weighted by molar-refractivity contribution is 4.50. The van der Waals surface area contributed by atoms with Crippen LogP contribution in [0.4, 0.5) is 4.39 Å². The van der Waals surface area contributed by atoms with Crippen molar-refractivity contribution in [1.82, 2.24) is 0 Å². The average molecular weight is 276 g/mol. The van der Waals surface area contributed by atoms with Gasteiger partial charge in [-0.15, -0.1) is 0 Å². The van der Waals surface area contributed by atoms with Crippen LogP contribution in [0.2, 0.25) is 0 Å². The molecular weight excluding hydrogens is 243 g/mol. The molecule has 0 aromatic carbocycles. The van der Waals surface area contributed by atoms with Gasteiger partial charge in [0.2, 0.25) is 0 Å². The lowest BCUT2D eigenvalue weighted by molar-refractivity contribution is 0.0228. The summed E-state index contributed by atoms with van der Waals surface area (Å²) in [7, 11) is 0. The smallest absolute Gasteiger partial charge is 0.118 e. The standard InChI is InChI=1S/C16H33FO2/c1-2-3-4-5-6-7-8-9-10-11-12-13-19-15-16(18)14-17/h16,18H,2-15H2,1H3. The van der Waals surface area contributed by atoms with Crippen molar-refractivity contribution in [1.29, 1.82) is 0 Å². The Kier molecular flexibility index (Phi) is 15.8. The maximum atomic E-state index is 11.9. The summed E-state index contributed by atoms with van der Waals surface area (Å²) in [6.07, 6.45) is 13.5. The topological polar surface area (TPSA) is 29.5 Å². The predicted molar refractivity (Wildman–Crippen MR) is 79.3 cm³/mol. The Morgan fingerprint density at radius 3 is 1.79 bits per heavy atom. The molecule has 0 rings (SSSR count). The highest BCUT2D eigenvalue weighted by Crippen LogP contribution is 2.11. The number of hydrogen-bond donors (Lipinski definition) is 1. The van der Waals surface area contributed by atoms with Crippen LogP contribution in [0.5, 0.6) is 0 Å². The number of hydrogen-bond acceptors (Lipinski definition) is 2. The molecule has 0 aliphatic carbocycles. The Bertz CT molecular complexity index is 165. The van der Waals surface area contributed by atoms with Crippen LogP contribution in [0.15, 0.2) is 0 Å². The molecule has 0 amide bonds. The van der Waals surface area contributed by atoms with E-state index in [0.717, 1.165) is 6.42 Å². The van der Waals surface area contributed by atoms with E-state index in [4.69, 9.17) is 9.84 Å². The molecule has 0 saturated heterocycles. The van der Waals surface area contributed by atoms with Crippen LogP contribution in [0.3, 0.4) is 0 Å². The van der Waals surface area contributed by atoms with Gasteiger partial charge in [0.1, 0.15) is 12.8 Å². The molecule has 1 unspecified atom stereocenters. The third-order valence-electron chi connectivity index (χ3n) is 3.38. The fourth-order valence-electron chi connectivity index (χ4n) is 2.13. The second kappa shape index (κ2) is 15.9. The summed E-state index contributed by atoms with van der Waals surface area (Å²) in [5.41, 5.74) is 0.